The third-order valence-electron chi connectivity index (χ3n) is 10.9. The summed E-state index contributed by atoms with van der Waals surface area (Å²) in [5.74, 6) is 1.92. The monoisotopic (exact) mass is 727 g/mol. The van der Waals surface area contributed by atoms with Crippen LogP contribution in [-0.4, -0.2) is 15.0 Å². The lowest BCUT2D eigenvalue weighted by molar-refractivity contribution is 0.670. The van der Waals surface area contributed by atoms with Crippen molar-refractivity contribution in [3.8, 4) is 67.5 Å². The number of hydrogen-bond acceptors (Lipinski definition) is 4. The van der Waals surface area contributed by atoms with Crippen LogP contribution in [-0.2, 0) is 0 Å². The second-order valence-corrected chi connectivity index (χ2v) is 14.4. The number of nitrogens with zero attached hydrogens (tertiary/aromatic N) is 3. The molecule has 0 atom stereocenters. The van der Waals surface area contributed by atoms with Gasteiger partial charge in [-0.25, -0.2) is 15.0 Å². The Labute approximate surface area is 329 Å². The van der Waals surface area contributed by atoms with E-state index in [1.54, 1.807) is 0 Å². The summed E-state index contributed by atoms with van der Waals surface area (Å²) >= 11 is 0. The van der Waals surface area contributed by atoms with Crippen LogP contribution in [0, 0.1) is 0 Å². The van der Waals surface area contributed by atoms with Crippen molar-refractivity contribution in [1.82, 2.24) is 15.0 Å². The lowest BCUT2D eigenvalue weighted by atomic mass is 9.93. The SMILES string of the molecule is c1ccc(-c2ccc(-c3c4ccccc4cc4c3oc3cc(-c5ccc(-c6nc(-c7ccccc7)nc(-c7ccccc7)n6)c6ccccc56)ccc34)cc2)cc1. The maximum Gasteiger partial charge on any atom is 0.164 e. The van der Waals surface area contributed by atoms with E-state index in [-0.39, 0.29) is 0 Å². The van der Waals surface area contributed by atoms with Gasteiger partial charge in [-0.3, -0.25) is 0 Å². The highest BCUT2D eigenvalue weighted by molar-refractivity contribution is 6.19. The molecule has 0 unspecified atom stereocenters. The minimum atomic E-state index is 0.634. The quantitative estimate of drug-likeness (QED) is 0.171. The Balaban J connectivity index is 1.05. The lowest BCUT2D eigenvalue weighted by Gasteiger charge is -2.13. The van der Waals surface area contributed by atoms with Crippen molar-refractivity contribution in [3.63, 3.8) is 0 Å². The molecule has 266 valence electrons. The molecule has 0 radical (unpaired) electrons. The van der Waals surface area contributed by atoms with Crippen molar-refractivity contribution in [2.45, 2.75) is 0 Å². The first-order chi connectivity index (χ1) is 28.2. The maximum atomic E-state index is 6.91. The highest BCUT2D eigenvalue weighted by Crippen LogP contribution is 2.43. The van der Waals surface area contributed by atoms with Crippen LogP contribution in [0.1, 0.15) is 0 Å². The lowest BCUT2D eigenvalue weighted by Crippen LogP contribution is -2.00. The molecule has 57 heavy (non-hydrogen) atoms. The van der Waals surface area contributed by atoms with Gasteiger partial charge < -0.3 is 4.42 Å². The van der Waals surface area contributed by atoms with Crippen molar-refractivity contribution >= 4 is 43.5 Å². The van der Waals surface area contributed by atoms with Crippen molar-refractivity contribution in [2.75, 3.05) is 0 Å². The van der Waals surface area contributed by atoms with Gasteiger partial charge in [0.2, 0.25) is 0 Å². The molecule has 0 bridgehead atoms. The van der Waals surface area contributed by atoms with E-state index in [0.717, 1.165) is 71.7 Å². The topological polar surface area (TPSA) is 51.8 Å². The van der Waals surface area contributed by atoms with Crippen LogP contribution in [0.3, 0.4) is 0 Å². The average molecular weight is 728 g/mol. The summed E-state index contributed by atoms with van der Waals surface area (Å²) in [5, 5.41) is 6.73. The smallest absolute Gasteiger partial charge is 0.164 e. The molecule has 0 aliphatic carbocycles. The first kappa shape index (κ1) is 32.7. The fourth-order valence-electron chi connectivity index (χ4n) is 8.16. The molecule has 4 nitrogen and oxygen atoms in total. The van der Waals surface area contributed by atoms with E-state index in [1.165, 1.54) is 21.9 Å². The molecular formula is C53H33N3O. The van der Waals surface area contributed by atoms with Crippen LogP contribution in [0.25, 0.3) is 111 Å². The van der Waals surface area contributed by atoms with Crippen LogP contribution >= 0.6 is 0 Å². The van der Waals surface area contributed by atoms with Gasteiger partial charge in [-0.15, -0.1) is 0 Å². The summed E-state index contributed by atoms with van der Waals surface area (Å²) in [6, 6.07) is 69.9. The largest absolute Gasteiger partial charge is 0.455 e. The molecule has 0 saturated carbocycles. The van der Waals surface area contributed by atoms with Crippen molar-refractivity contribution in [3.05, 3.63) is 200 Å². The van der Waals surface area contributed by atoms with Gasteiger partial charge in [-0.1, -0.05) is 176 Å². The zero-order chi connectivity index (χ0) is 37.7. The number of rotatable bonds is 6. The number of furan rings is 1. The van der Waals surface area contributed by atoms with Crippen molar-refractivity contribution < 1.29 is 4.42 Å². The Hall–Kier alpha value is -7.69. The zero-order valence-electron chi connectivity index (χ0n) is 30.8. The van der Waals surface area contributed by atoms with E-state index in [9.17, 15) is 0 Å². The predicted molar refractivity (Wildman–Crippen MR) is 235 cm³/mol. The van der Waals surface area contributed by atoms with E-state index in [1.807, 2.05) is 60.7 Å². The standard InChI is InChI=1S/C53H33N3O/c1-4-14-34(15-5-1)35-24-26-36(27-25-35)49-42-21-11-10-20-39(42)32-47-45-29-28-40(33-48(45)57-50(47)49)41-30-31-46(44-23-13-12-22-43(41)44)53-55-51(37-16-6-2-7-17-37)54-52(56-53)38-18-8-3-9-19-38/h1-33H. The maximum absolute atomic E-state index is 6.91. The van der Waals surface area contributed by atoms with Gasteiger partial charge in [-0.05, 0) is 73.6 Å². The average Bonchev–Trinajstić information content (AvgIpc) is 3.66. The molecule has 0 spiro atoms. The molecule has 11 aromatic rings. The second-order valence-electron chi connectivity index (χ2n) is 14.4. The van der Waals surface area contributed by atoms with Crippen LogP contribution in [0.4, 0.5) is 0 Å². The van der Waals surface area contributed by atoms with E-state index in [2.05, 4.69) is 140 Å². The van der Waals surface area contributed by atoms with Gasteiger partial charge in [0, 0.05) is 33.0 Å². The van der Waals surface area contributed by atoms with Crippen LogP contribution in [0.15, 0.2) is 205 Å². The number of benzene rings is 9. The predicted octanol–water partition coefficient (Wildman–Crippen LogP) is 14.1. The molecule has 4 heteroatoms. The third kappa shape index (κ3) is 5.74. The van der Waals surface area contributed by atoms with Gasteiger partial charge in [0.1, 0.15) is 11.2 Å². The Morgan fingerprint density at radius 1 is 0.298 bits per heavy atom. The molecule has 0 N–H and O–H groups in total. The van der Waals surface area contributed by atoms with Crippen LogP contribution < -0.4 is 0 Å². The van der Waals surface area contributed by atoms with E-state index < -0.39 is 0 Å². The molecule has 0 aliphatic heterocycles. The fourth-order valence-corrected chi connectivity index (χ4v) is 8.16. The van der Waals surface area contributed by atoms with Gasteiger partial charge in [-0.2, -0.15) is 0 Å². The molecular weight excluding hydrogens is 695 g/mol. The summed E-state index contributed by atoms with van der Waals surface area (Å²) < 4.78 is 6.91. The molecule has 0 fully saturated rings. The highest BCUT2D eigenvalue weighted by atomic mass is 16.3. The third-order valence-corrected chi connectivity index (χ3v) is 10.9. The Bertz CT molecular complexity index is 3210. The molecule has 0 amide bonds. The van der Waals surface area contributed by atoms with E-state index in [0.29, 0.717) is 17.5 Å². The van der Waals surface area contributed by atoms with Gasteiger partial charge >= 0.3 is 0 Å². The Morgan fingerprint density at radius 2 is 0.789 bits per heavy atom. The number of fused-ring (bicyclic) bond motifs is 5. The molecule has 2 heterocycles. The summed E-state index contributed by atoms with van der Waals surface area (Å²) in [7, 11) is 0. The summed E-state index contributed by atoms with van der Waals surface area (Å²) in [4.78, 5) is 15.0. The molecule has 9 aromatic carbocycles. The van der Waals surface area contributed by atoms with E-state index >= 15 is 0 Å². The summed E-state index contributed by atoms with van der Waals surface area (Å²) in [6.45, 7) is 0. The van der Waals surface area contributed by atoms with Crippen molar-refractivity contribution in [1.29, 1.82) is 0 Å². The van der Waals surface area contributed by atoms with Crippen LogP contribution in [0.2, 0.25) is 0 Å². The Morgan fingerprint density at radius 3 is 1.46 bits per heavy atom. The summed E-state index contributed by atoms with van der Waals surface area (Å²) in [5.41, 5.74) is 11.4. The van der Waals surface area contributed by atoms with Crippen LogP contribution in [0.5, 0.6) is 0 Å². The Kier molecular flexibility index (Phi) is 7.78. The van der Waals surface area contributed by atoms with Gasteiger partial charge in [0.25, 0.3) is 0 Å². The van der Waals surface area contributed by atoms with Gasteiger partial charge in [0.05, 0.1) is 0 Å². The first-order valence-corrected chi connectivity index (χ1v) is 19.2. The molecule has 2 aromatic heterocycles. The first-order valence-electron chi connectivity index (χ1n) is 19.2. The molecule has 0 saturated heterocycles. The fraction of sp³-hybridized carbons (Fsp3) is 0. The molecule has 0 aliphatic rings. The zero-order valence-corrected chi connectivity index (χ0v) is 30.8. The highest BCUT2D eigenvalue weighted by Gasteiger charge is 2.19. The summed E-state index contributed by atoms with van der Waals surface area (Å²) in [6.07, 6.45) is 0. The number of hydrogen-bond donors (Lipinski definition) is 0. The van der Waals surface area contributed by atoms with Crippen molar-refractivity contribution in [2.24, 2.45) is 0 Å². The number of aromatic nitrogens is 3. The normalized spacial score (nSPS) is 11.5. The van der Waals surface area contributed by atoms with Gasteiger partial charge in [0.15, 0.2) is 17.5 Å². The minimum Gasteiger partial charge on any atom is -0.455 e. The molecule has 11 rings (SSSR count). The second kappa shape index (κ2) is 13.6. The minimum absolute atomic E-state index is 0.634. The van der Waals surface area contributed by atoms with E-state index in [4.69, 9.17) is 19.4 Å².